The lowest BCUT2D eigenvalue weighted by Gasteiger charge is -2.22. The fourth-order valence-corrected chi connectivity index (χ4v) is 4.24. The van der Waals surface area contributed by atoms with Gasteiger partial charge in [-0.1, -0.05) is 13.0 Å². The second-order valence-electron chi connectivity index (χ2n) is 5.58. The van der Waals surface area contributed by atoms with Gasteiger partial charge in [-0.2, -0.15) is 11.8 Å². The van der Waals surface area contributed by atoms with Gasteiger partial charge in [-0.3, -0.25) is 0 Å². The fraction of sp³-hybridized carbons (Fsp3) is 0.647. The van der Waals surface area contributed by atoms with Crippen LogP contribution in [0.3, 0.4) is 0 Å². The molecule has 3 unspecified atom stereocenters. The minimum Gasteiger partial charge on any atom is -0.497 e. The van der Waals surface area contributed by atoms with E-state index in [4.69, 9.17) is 9.47 Å². The molecule has 0 radical (unpaired) electrons. The van der Waals surface area contributed by atoms with Gasteiger partial charge in [0.2, 0.25) is 0 Å². The monoisotopic (exact) mass is 309 g/mol. The zero-order chi connectivity index (χ0) is 15.2. The molecule has 2 rings (SSSR count). The van der Waals surface area contributed by atoms with E-state index in [2.05, 4.69) is 37.0 Å². The normalized spacial score (nSPS) is 23.0. The summed E-state index contributed by atoms with van der Waals surface area (Å²) in [5.41, 5.74) is 1.20. The molecule has 21 heavy (non-hydrogen) atoms. The van der Waals surface area contributed by atoms with E-state index in [1.807, 2.05) is 12.1 Å². The van der Waals surface area contributed by atoms with E-state index >= 15 is 0 Å². The topological polar surface area (TPSA) is 30.5 Å². The van der Waals surface area contributed by atoms with Crippen LogP contribution in [0.25, 0.3) is 0 Å². The van der Waals surface area contributed by atoms with Gasteiger partial charge >= 0.3 is 0 Å². The van der Waals surface area contributed by atoms with Crippen LogP contribution in [0.2, 0.25) is 0 Å². The maximum atomic E-state index is 5.51. The first-order valence-corrected chi connectivity index (χ1v) is 8.82. The highest BCUT2D eigenvalue weighted by Gasteiger charge is 2.26. The van der Waals surface area contributed by atoms with E-state index < -0.39 is 0 Å². The molecule has 1 aromatic rings. The number of hydrogen-bond donors (Lipinski definition) is 1. The van der Waals surface area contributed by atoms with Crippen LogP contribution in [-0.2, 0) is 0 Å². The average Bonchev–Trinajstić information content (AvgIpc) is 2.94. The van der Waals surface area contributed by atoms with Crippen molar-refractivity contribution in [3.63, 3.8) is 0 Å². The first-order chi connectivity index (χ1) is 10.2. The quantitative estimate of drug-likeness (QED) is 0.824. The molecule has 1 aliphatic rings. The number of thioether (sulfide) groups is 1. The second kappa shape index (κ2) is 7.95. The number of hydrogen-bond acceptors (Lipinski definition) is 4. The molecule has 1 aromatic carbocycles. The van der Waals surface area contributed by atoms with Crippen LogP contribution in [-0.4, -0.2) is 31.3 Å². The highest BCUT2D eigenvalue weighted by Crippen LogP contribution is 2.33. The Hall–Kier alpha value is -0.870. The molecule has 0 aromatic heterocycles. The summed E-state index contributed by atoms with van der Waals surface area (Å²) in [6.45, 7) is 4.46. The number of ether oxygens (including phenoxy) is 2. The van der Waals surface area contributed by atoms with Gasteiger partial charge in [-0.25, -0.2) is 0 Å². The molecule has 1 saturated carbocycles. The van der Waals surface area contributed by atoms with Crippen molar-refractivity contribution in [3.8, 4) is 11.5 Å². The van der Waals surface area contributed by atoms with Crippen molar-refractivity contribution in [3.05, 3.63) is 23.8 Å². The van der Waals surface area contributed by atoms with Crippen LogP contribution >= 0.6 is 11.8 Å². The Morgan fingerprint density at radius 2 is 2.10 bits per heavy atom. The number of methoxy groups -OCH3 is 2. The van der Waals surface area contributed by atoms with Crippen molar-refractivity contribution < 1.29 is 9.47 Å². The molecular formula is C17H27NO2S. The number of rotatable bonds is 7. The van der Waals surface area contributed by atoms with Crippen LogP contribution in [0.4, 0.5) is 0 Å². The molecule has 0 heterocycles. The van der Waals surface area contributed by atoms with Gasteiger partial charge in [-0.15, -0.1) is 0 Å². The first kappa shape index (κ1) is 16.5. The third kappa shape index (κ3) is 4.30. The Morgan fingerprint density at radius 1 is 1.29 bits per heavy atom. The maximum Gasteiger partial charge on any atom is 0.127 e. The average molecular weight is 309 g/mol. The zero-order valence-electron chi connectivity index (χ0n) is 13.5. The largest absolute Gasteiger partial charge is 0.497 e. The Balaban J connectivity index is 1.98. The van der Waals surface area contributed by atoms with Crippen molar-refractivity contribution >= 4 is 11.8 Å². The van der Waals surface area contributed by atoms with Gasteiger partial charge in [0.15, 0.2) is 0 Å². The van der Waals surface area contributed by atoms with Crippen LogP contribution in [0.15, 0.2) is 18.2 Å². The lowest BCUT2D eigenvalue weighted by molar-refractivity contribution is 0.380. The van der Waals surface area contributed by atoms with Crippen LogP contribution in [0, 0.1) is 0 Å². The van der Waals surface area contributed by atoms with Crippen LogP contribution in [0.5, 0.6) is 11.5 Å². The van der Waals surface area contributed by atoms with Crippen molar-refractivity contribution in [2.75, 3.05) is 20.0 Å². The van der Waals surface area contributed by atoms with E-state index in [0.717, 1.165) is 16.7 Å². The SMILES string of the molecule is CCSC1CCC(NC(C)c2ccc(OC)cc2OC)C1. The summed E-state index contributed by atoms with van der Waals surface area (Å²) in [7, 11) is 3.40. The lowest BCUT2D eigenvalue weighted by Crippen LogP contribution is -2.29. The van der Waals surface area contributed by atoms with Crippen molar-refractivity contribution in [1.29, 1.82) is 0 Å². The molecule has 1 fully saturated rings. The van der Waals surface area contributed by atoms with Gasteiger partial charge in [0.25, 0.3) is 0 Å². The molecule has 1 aliphatic carbocycles. The molecule has 118 valence electrons. The van der Waals surface area contributed by atoms with Crippen molar-refractivity contribution in [2.45, 2.75) is 50.4 Å². The molecule has 1 N–H and O–H groups in total. The molecule has 0 aliphatic heterocycles. The second-order valence-corrected chi connectivity index (χ2v) is 7.16. The predicted octanol–water partition coefficient (Wildman–Crippen LogP) is 4.03. The summed E-state index contributed by atoms with van der Waals surface area (Å²) < 4.78 is 10.8. The van der Waals surface area contributed by atoms with Gasteiger partial charge in [0, 0.05) is 29.0 Å². The fourth-order valence-electron chi connectivity index (χ4n) is 3.10. The molecule has 3 nitrogen and oxygen atoms in total. The van der Waals surface area contributed by atoms with Gasteiger partial charge < -0.3 is 14.8 Å². The summed E-state index contributed by atoms with van der Waals surface area (Å²) in [4.78, 5) is 0. The molecular weight excluding hydrogens is 282 g/mol. The Kier molecular flexibility index (Phi) is 6.24. The van der Waals surface area contributed by atoms with Crippen LogP contribution in [0.1, 0.15) is 44.7 Å². The highest BCUT2D eigenvalue weighted by atomic mass is 32.2. The summed E-state index contributed by atoms with van der Waals surface area (Å²) >= 11 is 2.10. The van der Waals surface area contributed by atoms with E-state index in [1.165, 1.54) is 30.6 Å². The summed E-state index contributed by atoms with van der Waals surface area (Å²) in [5.74, 6) is 2.95. The molecule has 0 amide bonds. The molecule has 4 heteroatoms. The third-order valence-corrected chi connectivity index (χ3v) is 5.41. The minimum atomic E-state index is 0.293. The Morgan fingerprint density at radius 3 is 2.76 bits per heavy atom. The van der Waals surface area contributed by atoms with Crippen molar-refractivity contribution in [2.24, 2.45) is 0 Å². The van der Waals surface area contributed by atoms with Gasteiger partial charge in [-0.05, 0) is 38.0 Å². The highest BCUT2D eigenvalue weighted by molar-refractivity contribution is 7.99. The summed E-state index contributed by atoms with van der Waals surface area (Å²) in [5, 5.41) is 4.59. The number of nitrogens with one attached hydrogen (secondary N) is 1. The summed E-state index contributed by atoms with van der Waals surface area (Å²) in [6.07, 6.45) is 3.89. The third-order valence-electron chi connectivity index (χ3n) is 4.18. The number of benzene rings is 1. The molecule has 3 atom stereocenters. The van der Waals surface area contributed by atoms with Crippen molar-refractivity contribution in [1.82, 2.24) is 5.32 Å². The predicted molar refractivity (Wildman–Crippen MR) is 90.7 cm³/mol. The van der Waals surface area contributed by atoms with Crippen LogP contribution < -0.4 is 14.8 Å². The molecule has 0 bridgehead atoms. The summed E-state index contributed by atoms with van der Waals surface area (Å²) in [6, 6.07) is 6.97. The zero-order valence-corrected chi connectivity index (χ0v) is 14.3. The molecule has 0 saturated heterocycles. The maximum absolute atomic E-state index is 5.51. The smallest absolute Gasteiger partial charge is 0.127 e. The lowest BCUT2D eigenvalue weighted by atomic mass is 10.1. The Labute approximate surface area is 132 Å². The standard InChI is InChI=1S/C17H27NO2S/c1-5-21-15-8-6-13(10-15)18-12(2)16-9-7-14(19-3)11-17(16)20-4/h7,9,11-13,15,18H,5-6,8,10H2,1-4H3. The van der Waals surface area contributed by atoms with Gasteiger partial charge in [0.05, 0.1) is 14.2 Å². The Bertz CT molecular complexity index is 452. The van der Waals surface area contributed by atoms with E-state index in [0.29, 0.717) is 12.1 Å². The van der Waals surface area contributed by atoms with Gasteiger partial charge in [0.1, 0.15) is 11.5 Å². The van der Waals surface area contributed by atoms with E-state index in [9.17, 15) is 0 Å². The first-order valence-electron chi connectivity index (χ1n) is 7.77. The van der Waals surface area contributed by atoms with E-state index in [-0.39, 0.29) is 0 Å². The minimum absolute atomic E-state index is 0.293. The molecule has 0 spiro atoms. The van der Waals surface area contributed by atoms with E-state index in [1.54, 1.807) is 14.2 Å².